The number of rotatable bonds is 1. The van der Waals surface area contributed by atoms with Gasteiger partial charge in [0, 0.05) is 6.04 Å². The second kappa shape index (κ2) is 2.33. The Labute approximate surface area is 53.6 Å². The van der Waals surface area contributed by atoms with Gasteiger partial charge < -0.3 is 11.1 Å². The molecule has 0 bridgehead atoms. The first kappa shape index (κ1) is 6.51. The Morgan fingerprint density at radius 2 is 2.44 bits per heavy atom. The van der Waals surface area contributed by atoms with Gasteiger partial charge in [0.1, 0.15) is 6.04 Å². The zero-order valence-corrected chi connectivity index (χ0v) is 5.05. The fourth-order valence-corrected chi connectivity index (χ4v) is 1.01. The molecule has 1 heterocycles. The molecular formula is C5H10N3O. The third kappa shape index (κ3) is 1.20. The maximum atomic E-state index is 10.4. The Bertz CT molecular complexity index is 125. The minimum atomic E-state index is -0.597. The lowest BCUT2D eigenvalue weighted by Crippen LogP contribution is -2.43. The highest BCUT2D eigenvalue weighted by Crippen LogP contribution is 2.02. The molecule has 51 valence electrons. The van der Waals surface area contributed by atoms with Gasteiger partial charge in [0.15, 0.2) is 0 Å². The van der Waals surface area contributed by atoms with E-state index in [0.717, 1.165) is 13.0 Å². The normalized spacial score (nSPS) is 34.8. The summed E-state index contributed by atoms with van der Waals surface area (Å²) in [5.41, 5.74) is 12.2. The highest BCUT2D eigenvalue weighted by Gasteiger charge is 2.27. The van der Waals surface area contributed by atoms with Gasteiger partial charge in [-0.2, -0.15) is 0 Å². The topological polar surface area (TPSA) is 78.9 Å². The van der Waals surface area contributed by atoms with E-state index in [1.807, 2.05) is 0 Å². The summed E-state index contributed by atoms with van der Waals surface area (Å²) in [6.07, 6.45) is 0.801. The molecule has 0 aromatic rings. The van der Waals surface area contributed by atoms with Gasteiger partial charge in [-0.3, -0.25) is 10.5 Å². The number of hydrogen-bond acceptors (Lipinski definition) is 3. The molecule has 1 fully saturated rings. The minimum absolute atomic E-state index is 0.144. The first-order valence-corrected chi connectivity index (χ1v) is 2.96. The molecule has 0 saturated carbocycles. The highest BCUT2D eigenvalue weighted by molar-refractivity contribution is 5.80. The van der Waals surface area contributed by atoms with Gasteiger partial charge in [-0.15, -0.1) is 0 Å². The summed E-state index contributed by atoms with van der Waals surface area (Å²) < 4.78 is 0. The number of nitrogens with one attached hydrogen (secondary N) is 2. The van der Waals surface area contributed by atoms with E-state index >= 15 is 0 Å². The van der Waals surface area contributed by atoms with Crippen molar-refractivity contribution in [3.05, 3.63) is 0 Å². The van der Waals surface area contributed by atoms with Crippen LogP contribution in [0.1, 0.15) is 6.42 Å². The van der Waals surface area contributed by atoms with Crippen molar-refractivity contribution in [3.8, 4) is 0 Å². The molecule has 0 aromatic carbocycles. The molecule has 1 rings (SSSR count). The SMILES string of the molecule is [NH]C(=O)C1NCCC1N. The monoisotopic (exact) mass is 128 g/mol. The zero-order valence-electron chi connectivity index (χ0n) is 5.05. The number of amides is 1. The lowest BCUT2D eigenvalue weighted by Gasteiger charge is -2.08. The van der Waals surface area contributed by atoms with Crippen molar-refractivity contribution in [2.24, 2.45) is 5.73 Å². The van der Waals surface area contributed by atoms with Crippen molar-refractivity contribution in [3.63, 3.8) is 0 Å². The first-order chi connectivity index (χ1) is 4.22. The Kier molecular flexibility index (Phi) is 1.68. The van der Waals surface area contributed by atoms with Crippen LogP contribution in [0.4, 0.5) is 0 Å². The zero-order chi connectivity index (χ0) is 6.85. The number of carbonyl (C=O) groups excluding carboxylic acids is 1. The van der Waals surface area contributed by atoms with Crippen LogP contribution < -0.4 is 16.8 Å². The standard InChI is InChI=1S/C5H10N3O/c6-3-1-2-8-4(3)5(7)9/h3-4,7-8H,1-2,6H2. The van der Waals surface area contributed by atoms with Crippen LogP contribution in [0.15, 0.2) is 0 Å². The minimum Gasteiger partial charge on any atom is -0.326 e. The maximum absolute atomic E-state index is 10.4. The van der Waals surface area contributed by atoms with Crippen molar-refractivity contribution < 1.29 is 4.79 Å². The summed E-state index contributed by atoms with van der Waals surface area (Å²) in [7, 11) is 0. The number of hydrogen-bond donors (Lipinski definition) is 2. The fraction of sp³-hybridized carbons (Fsp3) is 0.800. The number of nitrogens with two attached hydrogens (primary N) is 1. The van der Waals surface area contributed by atoms with E-state index in [2.05, 4.69) is 5.32 Å². The summed E-state index contributed by atoms with van der Waals surface area (Å²) in [5, 5.41) is 2.84. The molecule has 2 unspecified atom stereocenters. The highest BCUT2D eigenvalue weighted by atomic mass is 16.1. The van der Waals surface area contributed by atoms with Gasteiger partial charge in [-0.25, -0.2) is 0 Å². The summed E-state index contributed by atoms with van der Waals surface area (Å²) in [5.74, 6) is -0.597. The fourth-order valence-electron chi connectivity index (χ4n) is 1.01. The van der Waals surface area contributed by atoms with E-state index < -0.39 is 11.9 Å². The average Bonchev–Trinajstić information content (AvgIpc) is 2.13. The van der Waals surface area contributed by atoms with E-state index in [1.165, 1.54) is 0 Å². The Morgan fingerprint density at radius 1 is 1.78 bits per heavy atom. The van der Waals surface area contributed by atoms with E-state index in [-0.39, 0.29) is 6.04 Å². The maximum Gasteiger partial charge on any atom is 0.257 e. The average molecular weight is 128 g/mol. The van der Waals surface area contributed by atoms with E-state index in [9.17, 15) is 4.79 Å². The Morgan fingerprint density at radius 3 is 2.67 bits per heavy atom. The van der Waals surface area contributed by atoms with Crippen LogP contribution >= 0.6 is 0 Å². The molecule has 4 heteroatoms. The molecule has 1 saturated heterocycles. The van der Waals surface area contributed by atoms with Gasteiger partial charge in [0.2, 0.25) is 0 Å². The molecule has 4 N–H and O–H groups in total. The lowest BCUT2D eigenvalue weighted by atomic mass is 10.1. The second-order valence-electron chi connectivity index (χ2n) is 2.25. The predicted octanol–water partition coefficient (Wildman–Crippen LogP) is -1.51. The van der Waals surface area contributed by atoms with Crippen molar-refractivity contribution in [2.75, 3.05) is 6.54 Å². The van der Waals surface area contributed by atoms with Crippen molar-refractivity contribution in [2.45, 2.75) is 18.5 Å². The van der Waals surface area contributed by atoms with Gasteiger partial charge in [-0.05, 0) is 13.0 Å². The smallest absolute Gasteiger partial charge is 0.257 e. The van der Waals surface area contributed by atoms with Gasteiger partial charge in [0.05, 0.1) is 0 Å². The Hall–Kier alpha value is -0.610. The van der Waals surface area contributed by atoms with Gasteiger partial charge >= 0.3 is 0 Å². The molecule has 9 heavy (non-hydrogen) atoms. The van der Waals surface area contributed by atoms with Gasteiger partial charge in [-0.1, -0.05) is 0 Å². The van der Waals surface area contributed by atoms with Crippen LogP contribution in [0.5, 0.6) is 0 Å². The summed E-state index contributed by atoms with van der Waals surface area (Å²) in [6.45, 7) is 0.760. The largest absolute Gasteiger partial charge is 0.326 e. The molecule has 1 radical (unpaired) electrons. The molecule has 1 amide bonds. The lowest BCUT2D eigenvalue weighted by molar-refractivity contribution is -0.120. The van der Waals surface area contributed by atoms with E-state index in [4.69, 9.17) is 11.5 Å². The molecule has 0 aromatic heterocycles. The van der Waals surface area contributed by atoms with Crippen LogP contribution in [0, 0.1) is 0 Å². The van der Waals surface area contributed by atoms with Gasteiger partial charge in [0.25, 0.3) is 5.91 Å². The third-order valence-corrected chi connectivity index (χ3v) is 1.55. The summed E-state index contributed by atoms with van der Waals surface area (Å²) >= 11 is 0. The van der Waals surface area contributed by atoms with Crippen molar-refractivity contribution in [1.82, 2.24) is 11.1 Å². The molecule has 1 aliphatic heterocycles. The quantitative estimate of drug-likeness (QED) is 0.450. The first-order valence-electron chi connectivity index (χ1n) is 2.96. The molecule has 1 aliphatic rings. The Balaban J connectivity index is 2.49. The molecule has 0 aliphatic carbocycles. The third-order valence-electron chi connectivity index (χ3n) is 1.55. The van der Waals surface area contributed by atoms with Crippen LogP contribution in [0.3, 0.4) is 0 Å². The number of carbonyl (C=O) groups is 1. The molecule has 2 atom stereocenters. The second-order valence-corrected chi connectivity index (χ2v) is 2.25. The molecule has 4 nitrogen and oxygen atoms in total. The van der Waals surface area contributed by atoms with E-state index in [1.54, 1.807) is 0 Å². The van der Waals surface area contributed by atoms with Crippen molar-refractivity contribution in [1.29, 1.82) is 0 Å². The van der Waals surface area contributed by atoms with Crippen LogP contribution in [0.2, 0.25) is 0 Å². The van der Waals surface area contributed by atoms with Crippen LogP contribution in [-0.4, -0.2) is 24.5 Å². The summed E-state index contributed by atoms with van der Waals surface area (Å²) in [6, 6.07) is -0.556. The molecule has 0 spiro atoms. The van der Waals surface area contributed by atoms with Crippen LogP contribution in [-0.2, 0) is 4.79 Å². The predicted molar refractivity (Wildman–Crippen MR) is 32.5 cm³/mol. The van der Waals surface area contributed by atoms with E-state index in [0.29, 0.717) is 0 Å². The molecular weight excluding hydrogens is 118 g/mol. The van der Waals surface area contributed by atoms with Crippen molar-refractivity contribution >= 4 is 5.91 Å². The van der Waals surface area contributed by atoms with Crippen LogP contribution in [0.25, 0.3) is 0 Å². The summed E-state index contributed by atoms with van der Waals surface area (Å²) in [4.78, 5) is 10.4.